The molecule has 0 aromatic carbocycles. The largest absolute Gasteiger partial charge is 0.285 e. The van der Waals surface area contributed by atoms with Gasteiger partial charge in [0.2, 0.25) is 0 Å². The first-order chi connectivity index (χ1) is 9.03. The van der Waals surface area contributed by atoms with Crippen molar-refractivity contribution in [1.29, 1.82) is 0 Å². The Kier molecular flexibility index (Phi) is 5.54. The molecular formula is C13H25NO2S3. The summed E-state index contributed by atoms with van der Waals surface area (Å²) < 4.78 is 24.5. The minimum atomic E-state index is -2.97. The maximum absolute atomic E-state index is 12.3. The Hall–Kier alpha value is 0.610. The van der Waals surface area contributed by atoms with Crippen LogP contribution in [0.2, 0.25) is 0 Å². The summed E-state index contributed by atoms with van der Waals surface area (Å²) in [6, 6.07) is 0. The molecule has 2 aliphatic rings. The standard InChI is InChI=1S/C13H25NO2S3/c1-2-19(15,16)12-9-18-8-7-14(12)10-13(11-17)5-3-4-6-13/h12,17H,2-11H2,1H3. The van der Waals surface area contributed by atoms with Crippen LogP contribution in [0.25, 0.3) is 0 Å². The van der Waals surface area contributed by atoms with Gasteiger partial charge in [-0.3, -0.25) is 4.90 Å². The normalized spacial score (nSPS) is 28.6. The molecule has 2 rings (SSSR count). The Bertz CT molecular complexity index is 391. The average Bonchev–Trinajstić information content (AvgIpc) is 2.88. The number of thioether (sulfide) groups is 1. The van der Waals surface area contributed by atoms with Crippen LogP contribution >= 0.6 is 24.4 Å². The van der Waals surface area contributed by atoms with Crippen LogP contribution in [-0.2, 0) is 9.84 Å². The fourth-order valence-corrected chi connectivity index (χ4v) is 6.74. The van der Waals surface area contributed by atoms with Gasteiger partial charge in [0.1, 0.15) is 5.37 Å². The topological polar surface area (TPSA) is 37.4 Å². The van der Waals surface area contributed by atoms with Crippen LogP contribution in [0, 0.1) is 5.41 Å². The first-order valence-electron chi connectivity index (χ1n) is 7.17. The molecule has 0 amide bonds. The molecule has 6 heteroatoms. The minimum absolute atomic E-state index is 0.253. The first kappa shape index (κ1) is 16.0. The lowest BCUT2D eigenvalue weighted by molar-refractivity contribution is 0.168. The third kappa shape index (κ3) is 3.63. The summed E-state index contributed by atoms with van der Waals surface area (Å²) in [6.45, 7) is 3.59. The molecule has 0 aromatic rings. The zero-order chi connectivity index (χ0) is 13.9. The van der Waals surface area contributed by atoms with E-state index in [-0.39, 0.29) is 16.5 Å². The molecule has 112 valence electrons. The molecule has 1 saturated carbocycles. The summed E-state index contributed by atoms with van der Waals surface area (Å²) in [7, 11) is -2.97. The van der Waals surface area contributed by atoms with Crippen LogP contribution in [0.4, 0.5) is 0 Å². The van der Waals surface area contributed by atoms with Crippen molar-refractivity contribution in [3.8, 4) is 0 Å². The number of thiol groups is 1. The Balaban J connectivity index is 2.12. The molecule has 1 unspecified atom stereocenters. The molecule has 1 aliphatic heterocycles. The number of sulfone groups is 1. The highest BCUT2D eigenvalue weighted by Crippen LogP contribution is 2.41. The van der Waals surface area contributed by atoms with Crippen molar-refractivity contribution in [3.05, 3.63) is 0 Å². The van der Waals surface area contributed by atoms with Crippen molar-refractivity contribution >= 4 is 34.2 Å². The second-order valence-electron chi connectivity index (χ2n) is 5.82. The van der Waals surface area contributed by atoms with Gasteiger partial charge in [-0.15, -0.1) is 0 Å². The van der Waals surface area contributed by atoms with Gasteiger partial charge < -0.3 is 0 Å². The molecule has 19 heavy (non-hydrogen) atoms. The number of hydrogen-bond donors (Lipinski definition) is 1. The average molecular weight is 324 g/mol. The van der Waals surface area contributed by atoms with Crippen LogP contribution in [-0.4, -0.2) is 54.8 Å². The van der Waals surface area contributed by atoms with E-state index in [4.69, 9.17) is 0 Å². The fourth-order valence-electron chi connectivity index (χ4n) is 3.24. The van der Waals surface area contributed by atoms with E-state index in [2.05, 4.69) is 17.5 Å². The SMILES string of the molecule is CCS(=O)(=O)C1CSCCN1CC1(CS)CCCC1. The van der Waals surface area contributed by atoms with E-state index >= 15 is 0 Å². The maximum atomic E-state index is 12.3. The molecule has 0 N–H and O–H groups in total. The van der Waals surface area contributed by atoms with Crippen molar-refractivity contribution in [2.24, 2.45) is 5.41 Å². The molecular weight excluding hydrogens is 298 g/mol. The summed E-state index contributed by atoms with van der Waals surface area (Å²) in [6.07, 6.45) is 4.96. The van der Waals surface area contributed by atoms with Crippen LogP contribution < -0.4 is 0 Å². The molecule has 0 spiro atoms. The van der Waals surface area contributed by atoms with Gasteiger partial charge in [-0.1, -0.05) is 19.8 Å². The molecule has 2 fully saturated rings. The van der Waals surface area contributed by atoms with Gasteiger partial charge >= 0.3 is 0 Å². The van der Waals surface area contributed by atoms with E-state index in [0.717, 1.165) is 30.3 Å². The van der Waals surface area contributed by atoms with Crippen LogP contribution in [0.5, 0.6) is 0 Å². The second kappa shape index (κ2) is 6.58. The van der Waals surface area contributed by atoms with Gasteiger partial charge in [0.25, 0.3) is 0 Å². The maximum Gasteiger partial charge on any atom is 0.166 e. The van der Waals surface area contributed by atoms with Crippen molar-refractivity contribution in [1.82, 2.24) is 4.90 Å². The first-order valence-corrected chi connectivity index (χ1v) is 10.7. The van der Waals surface area contributed by atoms with Crippen LogP contribution in [0.3, 0.4) is 0 Å². The fraction of sp³-hybridized carbons (Fsp3) is 1.00. The lowest BCUT2D eigenvalue weighted by Crippen LogP contribution is -2.51. The van der Waals surface area contributed by atoms with Gasteiger partial charge in [-0.25, -0.2) is 8.42 Å². The monoisotopic (exact) mass is 323 g/mol. The molecule has 1 saturated heterocycles. The van der Waals surface area contributed by atoms with Crippen molar-refractivity contribution in [3.63, 3.8) is 0 Å². The molecule has 0 radical (unpaired) electrons. The predicted molar refractivity (Wildman–Crippen MR) is 86.9 cm³/mol. The molecule has 1 heterocycles. The van der Waals surface area contributed by atoms with Gasteiger partial charge in [-0.05, 0) is 24.0 Å². The predicted octanol–water partition coefficient (Wildman–Crippen LogP) is 2.29. The quantitative estimate of drug-likeness (QED) is 0.788. The van der Waals surface area contributed by atoms with E-state index in [1.807, 2.05) is 0 Å². The van der Waals surface area contributed by atoms with Gasteiger partial charge in [-0.2, -0.15) is 24.4 Å². The molecule has 0 bridgehead atoms. The lowest BCUT2D eigenvalue weighted by atomic mass is 9.88. The highest BCUT2D eigenvalue weighted by molar-refractivity contribution is 8.01. The van der Waals surface area contributed by atoms with Gasteiger partial charge in [0.05, 0.1) is 0 Å². The van der Waals surface area contributed by atoms with E-state index < -0.39 is 9.84 Å². The minimum Gasteiger partial charge on any atom is -0.285 e. The third-order valence-electron chi connectivity index (χ3n) is 4.55. The van der Waals surface area contributed by atoms with Crippen LogP contribution in [0.1, 0.15) is 32.6 Å². The third-order valence-corrected chi connectivity index (χ3v) is 8.55. The molecule has 1 aliphatic carbocycles. The number of rotatable bonds is 5. The second-order valence-corrected chi connectivity index (χ2v) is 9.73. The summed E-state index contributed by atoms with van der Waals surface area (Å²) in [5, 5.41) is -0.270. The van der Waals surface area contributed by atoms with E-state index in [1.54, 1.807) is 18.7 Å². The Labute approximate surface area is 127 Å². The molecule has 1 atom stereocenters. The van der Waals surface area contributed by atoms with Crippen molar-refractivity contribution in [2.75, 3.05) is 36.1 Å². The van der Waals surface area contributed by atoms with Crippen molar-refractivity contribution < 1.29 is 8.42 Å². The van der Waals surface area contributed by atoms with Gasteiger partial charge in [0, 0.05) is 30.3 Å². The summed E-state index contributed by atoms with van der Waals surface area (Å²) in [5.74, 6) is 2.93. The molecule has 0 aromatic heterocycles. The van der Waals surface area contributed by atoms with Crippen LogP contribution in [0.15, 0.2) is 0 Å². The zero-order valence-corrected chi connectivity index (χ0v) is 14.2. The van der Waals surface area contributed by atoms with E-state index in [1.165, 1.54) is 25.7 Å². The molecule has 3 nitrogen and oxygen atoms in total. The van der Waals surface area contributed by atoms with Crippen molar-refractivity contribution in [2.45, 2.75) is 38.0 Å². The Morgan fingerprint density at radius 2 is 2.05 bits per heavy atom. The Morgan fingerprint density at radius 1 is 1.37 bits per heavy atom. The smallest absolute Gasteiger partial charge is 0.166 e. The highest BCUT2D eigenvalue weighted by atomic mass is 32.2. The zero-order valence-electron chi connectivity index (χ0n) is 11.7. The number of hydrogen-bond acceptors (Lipinski definition) is 5. The number of nitrogens with zero attached hydrogens (tertiary/aromatic N) is 1. The van der Waals surface area contributed by atoms with E-state index in [0.29, 0.717) is 0 Å². The Morgan fingerprint density at radius 3 is 2.63 bits per heavy atom. The highest BCUT2D eigenvalue weighted by Gasteiger charge is 2.40. The lowest BCUT2D eigenvalue weighted by Gasteiger charge is -2.40. The summed E-state index contributed by atoms with van der Waals surface area (Å²) in [4.78, 5) is 2.23. The summed E-state index contributed by atoms with van der Waals surface area (Å²) in [5.41, 5.74) is 0.257. The van der Waals surface area contributed by atoms with Gasteiger partial charge in [0.15, 0.2) is 9.84 Å². The summed E-state index contributed by atoms with van der Waals surface area (Å²) >= 11 is 6.32. The van der Waals surface area contributed by atoms with E-state index in [9.17, 15) is 8.42 Å².